The second-order valence-corrected chi connectivity index (χ2v) is 5.33. The molecule has 0 bridgehead atoms. The van der Waals surface area contributed by atoms with Crippen LogP contribution in [0, 0.1) is 0 Å². The van der Waals surface area contributed by atoms with Crippen LogP contribution in [-0.2, 0) is 0 Å². The molecular weight excluding hydrogens is 278 g/mol. The van der Waals surface area contributed by atoms with E-state index in [1.807, 2.05) is 25.1 Å². The number of hydrogen-bond donors (Lipinski definition) is 1. The largest absolute Gasteiger partial charge is 0.479 e. The Labute approximate surface area is 108 Å². The third-order valence-corrected chi connectivity index (χ3v) is 2.96. The number of alkyl halides is 1. The van der Waals surface area contributed by atoms with Crippen molar-refractivity contribution >= 4 is 37.7 Å². The number of nitrogens with one attached hydrogen (secondary N) is 1. The lowest BCUT2D eigenvalue weighted by molar-refractivity contribution is 0.314. The van der Waals surface area contributed by atoms with Crippen LogP contribution in [0.15, 0.2) is 42.5 Å². The Morgan fingerprint density at radius 1 is 1.06 bits per heavy atom. The Balaban J connectivity index is 2.20. The fourth-order valence-corrected chi connectivity index (χ4v) is 2.31. The van der Waals surface area contributed by atoms with E-state index in [2.05, 4.69) is 45.2 Å². The summed E-state index contributed by atoms with van der Waals surface area (Å²) < 4.78 is 5.61. The summed E-state index contributed by atoms with van der Waals surface area (Å²) in [5, 5.41) is 2.50. The smallest absolute Gasteiger partial charge is 0.150 e. The Morgan fingerprint density at radius 2 is 1.82 bits per heavy atom. The highest BCUT2D eigenvalue weighted by molar-refractivity contribution is 9.09. The summed E-state index contributed by atoms with van der Waals surface area (Å²) in [4.78, 5) is 3.40. The highest BCUT2D eigenvalue weighted by atomic mass is 79.9. The van der Waals surface area contributed by atoms with E-state index in [4.69, 9.17) is 4.74 Å². The summed E-state index contributed by atoms with van der Waals surface area (Å²) >= 11 is 3.38. The van der Waals surface area contributed by atoms with Crippen molar-refractivity contribution < 1.29 is 4.74 Å². The molecule has 0 amide bonds. The molecule has 1 unspecified atom stereocenters. The van der Waals surface area contributed by atoms with Crippen molar-refractivity contribution in [1.29, 1.82) is 0 Å². The first-order chi connectivity index (χ1) is 8.24. The van der Waals surface area contributed by atoms with E-state index in [9.17, 15) is 0 Å². The third kappa shape index (κ3) is 1.91. The average molecular weight is 290 g/mol. The summed E-state index contributed by atoms with van der Waals surface area (Å²) in [6, 6.07) is 14.4. The highest BCUT2D eigenvalue weighted by Crippen LogP contribution is 2.28. The number of halogens is 1. The molecule has 0 aliphatic carbocycles. The van der Waals surface area contributed by atoms with E-state index < -0.39 is 0 Å². The van der Waals surface area contributed by atoms with Crippen molar-refractivity contribution in [3.05, 3.63) is 42.5 Å². The molecular formula is C14H12BrNO. The third-order valence-electron chi connectivity index (χ3n) is 2.78. The van der Waals surface area contributed by atoms with E-state index in [-0.39, 0.29) is 5.01 Å². The molecule has 17 heavy (non-hydrogen) atoms. The number of rotatable bonds is 2. The van der Waals surface area contributed by atoms with Crippen LogP contribution in [0.3, 0.4) is 0 Å². The van der Waals surface area contributed by atoms with Crippen LogP contribution in [-0.4, -0.2) is 10.00 Å². The molecule has 0 radical (unpaired) electrons. The van der Waals surface area contributed by atoms with Crippen molar-refractivity contribution in [1.82, 2.24) is 4.98 Å². The van der Waals surface area contributed by atoms with Gasteiger partial charge in [0.05, 0.1) is 5.52 Å². The van der Waals surface area contributed by atoms with Gasteiger partial charge in [-0.2, -0.15) is 0 Å². The fourth-order valence-electron chi connectivity index (χ4n) is 2.09. The topological polar surface area (TPSA) is 25.0 Å². The summed E-state index contributed by atoms with van der Waals surface area (Å²) in [6.45, 7) is 1.95. The second kappa shape index (κ2) is 4.08. The van der Waals surface area contributed by atoms with Gasteiger partial charge in [0.15, 0.2) is 5.01 Å². The minimum atomic E-state index is 0.0179. The minimum absolute atomic E-state index is 0.0179. The number of ether oxygens (including phenoxy) is 1. The van der Waals surface area contributed by atoms with Gasteiger partial charge in [-0.1, -0.05) is 18.2 Å². The Morgan fingerprint density at radius 3 is 2.65 bits per heavy atom. The lowest BCUT2D eigenvalue weighted by Gasteiger charge is -2.07. The van der Waals surface area contributed by atoms with Gasteiger partial charge in [0.1, 0.15) is 5.75 Å². The summed E-state index contributed by atoms with van der Waals surface area (Å²) in [7, 11) is 0. The summed E-state index contributed by atoms with van der Waals surface area (Å²) in [6.07, 6.45) is 0. The van der Waals surface area contributed by atoms with Crippen LogP contribution in [0.25, 0.3) is 21.8 Å². The number of para-hydroxylation sites is 1. The molecule has 3 rings (SSSR count). The normalized spacial score (nSPS) is 13.1. The number of aromatic nitrogens is 1. The predicted octanol–water partition coefficient (Wildman–Crippen LogP) is 4.44. The molecule has 0 spiro atoms. The quantitative estimate of drug-likeness (QED) is 0.693. The summed E-state index contributed by atoms with van der Waals surface area (Å²) in [5.41, 5.74) is 2.27. The van der Waals surface area contributed by atoms with E-state index >= 15 is 0 Å². The molecule has 1 N–H and O–H groups in total. The second-order valence-electron chi connectivity index (χ2n) is 4.04. The maximum absolute atomic E-state index is 5.61. The number of benzene rings is 2. The van der Waals surface area contributed by atoms with Crippen molar-refractivity contribution in [2.75, 3.05) is 0 Å². The first-order valence-electron chi connectivity index (χ1n) is 5.55. The van der Waals surface area contributed by atoms with Crippen molar-refractivity contribution in [2.45, 2.75) is 11.9 Å². The monoisotopic (exact) mass is 289 g/mol. The van der Waals surface area contributed by atoms with E-state index in [0.29, 0.717) is 0 Å². The number of fused-ring (bicyclic) bond motifs is 3. The standard InChI is InChI=1S/C14H12BrNO/c1-9(15)17-10-6-7-12-11-4-2-3-5-13(11)16-14(12)8-10/h2-9,16H,1H3. The molecule has 0 saturated heterocycles. The van der Waals surface area contributed by atoms with Crippen LogP contribution in [0.2, 0.25) is 0 Å². The van der Waals surface area contributed by atoms with Gasteiger partial charge in [-0.3, -0.25) is 0 Å². The van der Waals surface area contributed by atoms with Crippen LogP contribution < -0.4 is 4.74 Å². The van der Waals surface area contributed by atoms with Gasteiger partial charge in [0, 0.05) is 22.4 Å². The average Bonchev–Trinajstić information content (AvgIpc) is 2.65. The zero-order valence-electron chi connectivity index (χ0n) is 9.41. The molecule has 2 nitrogen and oxygen atoms in total. The van der Waals surface area contributed by atoms with Crippen LogP contribution >= 0.6 is 15.9 Å². The molecule has 86 valence electrons. The first-order valence-corrected chi connectivity index (χ1v) is 6.47. The lowest BCUT2D eigenvalue weighted by Crippen LogP contribution is -2.01. The van der Waals surface area contributed by atoms with Crippen molar-refractivity contribution in [3.8, 4) is 5.75 Å². The highest BCUT2D eigenvalue weighted by Gasteiger charge is 2.05. The van der Waals surface area contributed by atoms with Crippen LogP contribution in [0.4, 0.5) is 0 Å². The zero-order chi connectivity index (χ0) is 11.8. The minimum Gasteiger partial charge on any atom is -0.479 e. The van der Waals surface area contributed by atoms with Gasteiger partial charge in [-0.15, -0.1) is 0 Å². The van der Waals surface area contributed by atoms with Crippen LogP contribution in [0.1, 0.15) is 6.92 Å². The molecule has 1 aromatic heterocycles. The molecule has 3 heteroatoms. The molecule has 0 aliphatic heterocycles. The lowest BCUT2D eigenvalue weighted by atomic mass is 10.1. The van der Waals surface area contributed by atoms with Gasteiger partial charge in [-0.05, 0) is 41.1 Å². The zero-order valence-corrected chi connectivity index (χ0v) is 11.0. The van der Waals surface area contributed by atoms with Gasteiger partial charge >= 0.3 is 0 Å². The van der Waals surface area contributed by atoms with Crippen molar-refractivity contribution in [3.63, 3.8) is 0 Å². The molecule has 3 aromatic rings. The van der Waals surface area contributed by atoms with E-state index in [1.54, 1.807) is 0 Å². The SMILES string of the molecule is CC(Br)Oc1ccc2c(c1)[nH]c1ccccc12. The van der Waals surface area contributed by atoms with Gasteiger partial charge in [0.25, 0.3) is 0 Å². The van der Waals surface area contributed by atoms with Gasteiger partial charge in [0.2, 0.25) is 0 Å². The van der Waals surface area contributed by atoms with Crippen LogP contribution in [0.5, 0.6) is 5.75 Å². The maximum atomic E-state index is 5.61. The summed E-state index contributed by atoms with van der Waals surface area (Å²) in [5.74, 6) is 0.869. The van der Waals surface area contributed by atoms with Gasteiger partial charge in [-0.25, -0.2) is 0 Å². The number of aromatic amines is 1. The van der Waals surface area contributed by atoms with Crippen molar-refractivity contribution in [2.24, 2.45) is 0 Å². The molecule has 0 aliphatic rings. The maximum Gasteiger partial charge on any atom is 0.150 e. The molecule has 0 saturated carbocycles. The molecule has 1 heterocycles. The molecule has 0 fully saturated rings. The number of H-pyrrole nitrogens is 1. The van der Waals surface area contributed by atoms with E-state index in [0.717, 1.165) is 16.8 Å². The predicted molar refractivity (Wildman–Crippen MR) is 74.8 cm³/mol. The molecule has 2 aromatic carbocycles. The Kier molecular flexibility index (Phi) is 2.56. The van der Waals surface area contributed by atoms with Gasteiger partial charge < -0.3 is 9.72 Å². The Hall–Kier alpha value is -1.48. The van der Waals surface area contributed by atoms with E-state index in [1.165, 1.54) is 10.8 Å². The Bertz CT molecular complexity index is 672. The first kappa shape index (κ1) is 10.7. The number of hydrogen-bond acceptors (Lipinski definition) is 1. The fraction of sp³-hybridized carbons (Fsp3) is 0.143. The molecule has 1 atom stereocenters.